The van der Waals surface area contributed by atoms with Gasteiger partial charge in [0.15, 0.2) is 11.6 Å². The van der Waals surface area contributed by atoms with Crippen molar-refractivity contribution in [1.29, 1.82) is 0 Å². The van der Waals surface area contributed by atoms with Gasteiger partial charge in [0.2, 0.25) is 11.8 Å². The summed E-state index contributed by atoms with van der Waals surface area (Å²) in [6.45, 7) is 0.904. The number of halogens is 3. The number of benzene rings is 3. The lowest BCUT2D eigenvalue weighted by molar-refractivity contribution is -0.137. The van der Waals surface area contributed by atoms with Crippen LogP contribution in [-0.4, -0.2) is 55.8 Å². The standard InChI is InChI=1S/C33H27ClF2N6O3/c1-19(43)26-16-41(29-10-9-21(12-25(26)29)39-22-13-37-18-38-14-22)17-31(44)42-15-20(35)11-30(42)33(45)40-28-8-4-6-24(32(28)36)23-5-2-3-7-27(23)34/h2-10,12-14,16,18,20,30,39H,11,15,17H2,1H3,(H,40,45)/t20-,30+/m1/s1. The smallest absolute Gasteiger partial charge is 0.247 e. The second kappa shape index (κ2) is 12.4. The molecule has 0 radical (unpaired) electrons. The third-order valence-electron chi connectivity index (χ3n) is 7.71. The van der Waals surface area contributed by atoms with E-state index in [-0.39, 0.29) is 36.5 Å². The molecule has 1 saturated heterocycles. The van der Waals surface area contributed by atoms with Gasteiger partial charge in [-0.15, -0.1) is 0 Å². The van der Waals surface area contributed by atoms with Gasteiger partial charge in [-0.3, -0.25) is 14.4 Å². The molecule has 3 heterocycles. The zero-order valence-electron chi connectivity index (χ0n) is 24.0. The van der Waals surface area contributed by atoms with Gasteiger partial charge in [0.1, 0.15) is 25.1 Å². The van der Waals surface area contributed by atoms with Gasteiger partial charge in [-0.2, -0.15) is 0 Å². The predicted octanol–water partition coefficient (Wildman–Crippen LogP) is 6.41. The van der Waals surface area contributed by atoms with Gasteiger partial charge in [0, 0.05) is 50.9 Å². The van der Waals surface area contributed by atoms with Crippen LogP contribution in [0, 0.1) is 5.82 Å². The molecular formula is C33H27ClF2N6O3. The average Bonchev–Trinajstić information content (AvgIpc) is 3.59. The van der Waals surface area contributed by atoms with Crippen LogP contribution in [0.2, 0.25) is 5.02 Å². The molecule has 12 heteroatoms. The minimum atomic E-state index is -1.44. The fraction of sp³-hybridized carbons (Fsp3) is 0.182. The Balaban J connectivity index is 1.23. The molecule has 2 aromatic heterocycles. The summed E-state index contributed by atoms with van der Waals surface area (Å²) in [7, 11) is 0. The normalized spacial score (nSPS) is 16.1. The monoisotopic (exact) mass is 628 g/mol. The van der Waals surface area contributed by atoms with E-state index in [9.17, 15) is 18.8 Å². The Morgan fingerprint density at radius 3 is 2.51 bits per heavy atom. The number of nitrogens with zero attached hydrogens (tertiary/aromatic N) is 4. The summed E-state index contributed by atoms with van der Waals surface area (Å²) in [5.74, 6) is -2.12. The van der Waals surface area contributed by atoms with Crippen molar-refractivity contribution in [2.24, 2.45) is 0 Å². The molecule has 1 aliphatic heterocycles. The summed E-state index contributed by atoms with van der Waals surface area (Å²) in [6, 6.07) is 15.4. The van der Waals surface area contributed by atoms with Crippen molar-refractivity contribution in [2.45, 2.75) is 32.1 Å². The highest BCUT2D eigenvalue weighted by molar-refractivity contribution is 6.33. The van der Waals surface area contributed by atoms with Gasteiger partial charge in [0.05, 0.1) is 30.3 Å². The van der Waals surface area contributed by atoms with E-state index in [2.05, 4.69) is 20.6 Å². The first-order valence-electron chi connectivity index (χ1n) is 14.1. The van der Waals surface area contributed by atoms with Crippen LogP contribution in [0.5, 0.6) is 0 Å². The summed E-state index contributed by atoms with van der Waals surface area (Å²) in [6.07, 6.45) is 4.54. The summed E-state index contributed by atoms with van der Waals surface area (Å²) >= 11 is 6.26. The minimum Gasteiger partial charge on any atom is -0.353 e. The highest BCUT2D eigenvalue weighted by Crippen LogP contribution is 2.33. The van der Waals surface area contributed by atoms with Crippen LogP contribution in [0.3, 0.4) is 0 Å². The quantitative estimate of drug-likeness (QED) is 0.192. The molecule has 1 aliphatic rings. The molecular weight excluding hydrogens is 602 g/mol. The molecule has 0 saturated carbocycles. The SMILES string of the molecule is CC(=O)c1cn(CC(=O)N2C[C@H](F)C[C@H]2C(=O)Nc2cccc(-c3ccccc3Cl)c2F)c2ccc(Nc3cncnc3)cc12. The molecule has 0 spiro atoms. The Morgan fingerprint density at radius 2 is 1.76 bits per heavy atom. The largest absolute Gasteiger partial charge is 0.353 e. The number of rotatable bonds is 8. The minimum absolute atomic E-state index is 0.110. The number of fused-ring (bicyclic) bond motifs is 1. The van der Waals surface area contributed by atoms with Gasteiger partial charge < -0.3 is 20.1 Å². The number of Topliss-reactive ketones (excluding diaryl/α,β-unsaturated/α-hetero) is 1. The van der Waals surface area contributed by atoms with Crippen molar-refractivity contribution in [1.82, 2.24) is 19.4 Å². The maximum atomic E-state index is 15.5. The van der Waals surface area contributed by atoms with Crippen molar-refractivity contribution >= 4 is 57.2 Å². The molecule has 45 heavy (non-hydrogen) atoms. The number of hydrogen-bond donors (Lipinski definition) is 2. The van der Waals surface area contributed by atoms with E-state index in [0.717, 1.165) is 0 Å². The van der Waals surface area contributed by atoms with E-state index in [1.165, 1.54) is 24.2 Å². The van der Waals surface area contributed by atoms with Gasteiger partial charge in [-0.25, -0.2) is 18.7 Å². The van der Waals surface area contributed by atoms with Crippen LogP contribution in [0.1, 0.15) is 23.7 Å². The van der Waals surface area contributed by atoms with Crippen molar-refractivity contribution in [3.63, 3.8) is 0 Å². The average molecular weight is 629 g/mol. The third kappa shape index (κ3) is 6.12. The van der Waals surface area contributed by atoms with Gasteiger partial charge >= 0.3 is 0 Å². The summed E-state index contributed by atoms with van der Waals surface area (Å²) in [5.41, 5.74) is 2.89. The number of amides is 2. The number of likely N-dealkylation sites (tertiary alicyclic amines) is 1. The fourth-order valence-electron chi connectivity index (χ4n) is 5.59. The number of hydrogen-bond acceptors (Lipinski definition) is 6. The van der Waals surface area contributed by atoms with E-state index < -0.39 is 29.8 Å². The molecule has 2 amide bonds. The molecule has 2 atom stereocenters. The topological polar surface area (TPSA) is 109 Å². The Kier molecular flexibility index (Phi) is 8.27. The summed E-state index contributed by atoms with van der Waals surface area (Å²) in [5, 5.41) is 6.68. The first-order valence-corrected chi connectivity index (χ1v) is 14.5. The zero-order valence-corrected chi connectivity index (χ0v) is 24.8. The molecule has 3 aromatic carbocycles. The van der Waals surface area contributed by atoms with Crippen LogP contribution in [-0.2, 0) is 16.1 Å². The Morgan fingerprint density at radius 1 is 1.00 bits per heavy atom. The number of aromatic nitrogens is 3. The Labute approximate surface area is 261 Å². The molecule has 0 unspecified atom stereocenters. The molecule has 0 aliphatic carbocycles. The lowest BCUT2D eigenvalue weighted by Crippen LogP contribution is -2.44. The van der Waals surface area contributed by atoms with E-state index in [0.29, 0.717) is 38.4 Å². The van der Waals surface area contributed by atoms with Crippen molar-refractivity contribution < 1.29 is 23.2 Å². The first-order chi connectivity index (χ1) is 21.7. The van der Waals surface area contributed by atoms with E-state index in [4.69, 9.17) is 11.6 Å². The molecule has 6 rings (SSSR count). The van der Waals surface area contributed by atoms with Crippen molar-refractivity contribution in [3.8, 4) is 11.1 Å². The van der Waals surface area contributed by atoms with E-state index in [1.54, 1.807) is 77.8 Å². The molecule has 5 aromatic rings. The second-order valence-electron chi connectivity index (χ2n) is 10.7. The van der Waals surface area contributed by atoms with Crippen LogP contribution in [0.15, 0.2) is 85.6 Å². The number of nitrogens with one attached hydrogen (secondary N) is 2. The predicted molar refractivity (Wildman–Crippen MR) is 168 cm³/mol. The third-order valence-corrected chi connectivity index (χ3v) is 8.04. The maximum absolute atomic E-state index is 15.5. The number of anilines is 3. The number of ketones is 1. The number of carbonyl (C=O) groups excluding carboxylic acids is 3. The van der Waals surface area contributed by atoms with Crippen LogP contribution >= 0.6 is 11.6 Å². The van der Waals surface area contributed by atoms with Crippen LogP contribution < -0.4 is 10.6 Å². The van der Waals surface area contributed by atoms with E-state index in [1.807, 2.05) is 0 Å². The zero-order chi connectivity index (χ0) is 31.7. The summed E-state index contributed by atoms with van der Waals surface area (Å²) in [4.78, 5) is 48.6. The highest BCUT2D eigenvalue weighted by Gasteiger charge is 2.40. The van der Waals surface area contributed by atoms with Crippen molar-refractivity contribution in [3.05, 3.63) is 102 Å². The Hall–Kier alpha value is -5.16. The van der Waals surface area contributed by atoms with Gasteiger partial charge in [-0.1, -0.05) is 41.9 Å². The van der Waals surface area contributed by atoms with Gasteiger partial charge in [0.25, 0.3) is 0 Å². The molecule has 0 bridgehead atoms. The molecule has 228 valence electrons. The Bertz CT molecular complexity index is 1930. The first kappa shape index (κ1) is 29.9. The van der Waals surface area contributed by atoms with Crippen LogP contribution in [0.4, 0.5) is 25.8 Å². The fourth-order valence-corrected chi connectivity index (χ4v) is 5.83. The maximum Gasteiger partial charge on any atom is 0.247 e. The lowest BCUT2D eigenvalue weighted by Gasteiger charge is -2.24. The second-order valence-corrected chi connectivity index (χ2v) is 11.1. The van der Waals surface area contributed by atoms with E-state index >= 15 is 4.39 Å². The van der Waals surface area contributed by atoms with Crippen molar-refractivity contribution in [2.75, 3.05) is 17.2 Å². The molecule has 9 nitrogen and oxygen atoms in total. The summed E-state index contributed by atoms with van der Waals surface area (Å²) < 4.78 is 31.8. The number of alkyl halides is 1. The molecule has 1 fully saturated rings. The molecule has 2 N–H and O–H groups in total. The highest BCUT2D eigenvalue weighted by atomic mass is 35.5. The number of carbonyl (C=O) groups is 3. The lowest BCUT2D eigenvalue weighted by atomic mass is 10.0. The van der Waals surface area contributed by atoms with Gasteiger partial charge in [-0.05, 0) is 37.3 Å². The van der Waals surface area contributed by atoms with Crippen LogP contribution in [0.25, 0.3) is 22.0 Å².